The molecule has 1 fully saturated rings. The average molecular weight is 495 g/mol. The number of nitrogens with one attached hydrogen (secondary N) is 2. The van der Waals surface area contributed by atoms with E-state index in [0.29, 0.717) is 12.6 Å². The van der Waals surface area contributed by atoms with Crippen molar-refractivity contribution in [2.45, 2.75) is 19.7 Å². The average Bonchev–Trinajstić information content (AvgIpc) is 3.31. The second-order valence-electron chi connectivity index (χ2n) is 7.96. The van der Waals surface area contributed by atoms with Gasteiger partial charge in [-0.2, -0.15) is 0 Å². The molecule has 2 N–H and O–H groups in total. The predicted molar refractivity (Wildman–Crippen MR) is 112 cm³/mol. The molecule has 1 saturated heterocycles. The van der Waals surface area contributed by atoms with E-state index in [1.807, 2.05) is 0 Å². The van der Waals surface area contributed by atoms with Crippen molar-refractivity contribution in [2.24, 2.45) is 11.8 Å². The number of alkyl halides is 3. The number of hydrogen-bond acceptors (Lipinski definition) is 5. The Morgan fingerprint density at radius 2 is 1.94 bits per heavy atom. The van der Waals surface area contributed by atoms with Gasteiger partial charge in [-0.15, -0.1) is 18.3 Å². The summed E-state index contributed by atoms with van der Waals surface area (Å²) in [6.45, 7) is 2.04. The zero-order chi connectivity index (χ0) is 25.3. The van der Waals surface area contributed by atoms with Crippen LogP contribution in [0, 0.1) is 23.5 Å². The van der Waals surface area contributed by atoms with Crippen LogP contribution in [0.2, 0.25) is 0 Å². The van der Waals surface area contributed by atoms with E-state index in [2.05, 4.69) is 25.5 Å². The molecule has 2 atom stereocenters. The summed E-state index contributed by atoms with van der Waals surface area (Å²) in [7, 11) is 0. The Kier molecular flexibility index (Phi) is 6.41. The lowest BCUT2D eigenvalue weighted by Crippen LogP contribution is -2.21. The van der Waals surface area contributed by atoms with E-state index in [1.165, 1.54) is 12.3 Å². The van der Waals surface area contributed by atoms with Crippen LogP contribution in [0.4, 0.5) is 27.8 Å². The van der Waals surface area contributed by atoms with Gasteiger partial charge < -0.3 is 15.4 Å². The van der Waals surface area contributed by atoms with Gasteiger partial charge in [-0.3, -0.25) is 14.6 Å². The molecule has 35 heavy (non-hydrogen) atoms. The van der Waals surface area contributed by atoms with Gasteiger partial charge in [-0.25, -0.2) is 13.5 Å². The first kappa shape index (κ1) is 24.1. The fourth-order valence-electron chi connectivity index (χ4n) is 3.73. The maximum absolute atomic E-state index is 14.1. The van der Waals surface area contributed by atoms with Crippen LogP contribution in [0.15, 0.2) is 42.7 Å². The maximum atomic E-state index is 14.1. The molecule has 13 heteroatoms. The Balaban J connectivity index is 1.69. The number of pyridine rings is 1. The van der Waals surface area contributed by atoms with Gasteiger partial charge in [0.25, 0.3) is 0 Å². The summed E-state index contributed by atoms with van der Waals surface area (Å²) in [6.07, 6.45) is -2.88. The number of hydrogen-bond donors (Lipinski definition) is 2. The summed E-state index contributed by atoms with van der Waals surface area (Å²) in [6, 6.07) is 4.77. The second-order valence-corrected chi connectivity index (χ2v) is 7.96. The Labute approximate surface area is 195 Å². The lowest BCUT2D eigenvalue weighted by molar-refractivity contribution is -0.274. The van der Waals surface area contributed by atoms with Gasteiger partial charge in [0.15, 0.2) is 5.82 Å². The maximum Gasteiger partial charge on any atom is 0.573 e. The van der Waals surface area contributed by atoms with Crippen molar-refractivity contribution in [1.29, 1.82) is 0 Å². The second kappa shape index (κ2) is 9.31. The molecular formula is C22H18F5N5O3. The molecule has 0 saturated carbocycles. The zero-order valence-electron chi connectivity index (χ0n) is 18.1. The van der Waals surface area contributed by atoms with Crippen molar-refractivity contribution < 1.29 is 36.3 Å². The van der Waals surface area contributed by atoms with Gasteiger partial charge in [0.2, 0.25) is 11.8 Å². The quantitative estimate of drug-likeness (QED) is 0.507. The number of nitrogens with zero attached hydrogens (tertiary/aromatic N) is 3. The van der Waals surface area contributed by atoms with Gasteiger partial charge in [0, 0.05) is 42.6 Å². The third-order valence-electron chi connectivity index (χ3n) is 5.42. The monoisotopic (exact) mass is 495 g/mol. The number of amides is 2. The fourth-order valence-corrected chi connectivity index (χ4v) is 3.73. The highest BCUT2D eigenvalue weighted by molar-refractivity contribution is 5.91. The van der Waals surface area contributed by atoms with E-state index in [-0.39, 0.29) is 46.9 Å². The lowest BCUT2D eigenvalue weighted by atomic mass is 9.94. The molecule has 4 rings (SSSR count). The highest BCUT2D eigenvalue weighted by atomic mass is 19.4. The topological polar surface area (TPSA) is 98.1 Å². The smallest absolute Gasteiger partial charge is 0.406 e. The van der Waals surface area contributed by atoms with E-state index in [0.717, 1.165) is 29.1 Å². The standard InChI is InChI=1S/C22H18F5N5O3/c1-11-13(8-29-21(11)34)4-20(33)30-19-7-18(32(31-19)16-5-15(24)9-28-10-16)12-2-14(23)6-17(3-12)35-22(25,26)27/h2-3,5-7,9-11,13H,4,8H2,1H3,(H,29,34)(H,30,31,33)/t11-,13+/m1/s1. The number of benzene rings is 1. The lowest BCUT2D eigenvalue weighted by Gasteiger charge is -2.11. The Morgan fingerprint density at radius 3 is 2.60 bits per heavy atom. The van der Waals surface area contributed by atoms with Gasteiger partial charge in [-0.05, 0) is 18.1 Å². The van der Waals surface area contributed by atoms with Crippen molar-refractivity contribution in [3.8, 4) is 22.7 Å². The number of anilines is 1. The van der Waals surface area contributed by atoms with Crippen molar-refractivity contribution in [2.75, 3.05) is 11.9 Å². The summed E-state index contributed by atoms with van der Waals surface area (Å²) in [4.78, 5) is 27.9. The number of halogens is 5. The van der Waals surface area contributed by atoms with Gasteiger partial charge in [0.05, 0.1) is 23.8 Å². The van der Waals surface area contributed by atoms with Crippen molar-refractivity contribution in [1.82, 2.24) is 20.1 Å². The van der Waals surface area contributed by atoms with Crippen molar-refractivity contribution >= 4 is 17.6 Å². The normalized spacial score (nSPS) is 17.8. The zero-order valence-corrected chi connectivity index (χ0v) is 18.1. The molecule has 1 aliphatic rings. The molecule has 0 spiro atoms. The number of aromatic nitrogens is 3. The van der Waals surface area contributed by atoms with Gasteiger partial charge >= 0.3 is 6.36 Å². The van der Waals surface area contributed by atoms with E-state index in [9.17, 15) is 31.5 Å². The predicted octanol–water partition coefficient (Wildman–Crippen LogP) is 3.82. The van der Waals surface area contributed by atoms with Crippen LogP contribution >= 0.6 is 0 Å². The molecule has 1 aliphatic heterocycles. The molecule has 3 heterocycles. The van der Waals surface area contributed by atoms with Crippen LogP contribution in [-0.2, 0) is 9.59 Å². The highest BCUT2D eigenvalue weighted by Gasteiger charge is 2.33. The third kappa shape index (κ3) is 5.73. The molecule has 2 amide bonds. The van der Waals surface area contributed by atoms with E-state index >= 15 is 0 Å². The minimum Gasteiger partial charge on any atom is -0.406 e. The van der Waals surface area contributed by atoms with Gasteiger partial charge in [0.1, 0.15) is 17.4 Å². The molecule has 1 aromatic carbocycles. The fraction of sp³-hybridized carbons (Fsp3) is 0.273. The number of rotatable bonds is 6. The minimum atomic E-state index is -5.05. The third-order valence-corrected chi connectivity index (χ3v) is 5.42. The van der Waals surface area contributed by atoms with E-state index in [4.69, 9.17) is 0 Å². The molecule has 2 aromatic heterocycles. The summed E-state index contributed by atoms with van der Waals surface area (Å²) in [5.74, 6) is -3.79. The van der Waals surface area contributed by atoms with Crippen LogP contribution in [0.5, 0.6) is 5.75 Å². The minimum absolute atomic E-state index is 0.00710. The summed E-state index contributed by atoms with van der Waals surface area (Å²) in [5.41, 5.74) is 0.0216. The molecule has 0 aliphatic carbocycles. The van der Waals surface area contributed by atoms with Crippen molar-refractivity contribution in [3.63, 3.8) is 0 Å². The molecule has 0 bridgehead atoms. The molecule has 0 unspecified atom stereocenters. The Bertz CT molecular complexity index is 1280. The first-order chi connectivity index (χ1) is 16.5. The highest BCUT2D eigenvalue weighted by Crippen LogP contribution is 2.32. The van der Waals surface area contributed by atoms with E-state index in [1.54, 1.807) is 6.92 Å². The summed E-state index contributed by atoms with van der Waals surface area (Å²) >= 11 is 0. The van der Waals surface area contributed by atoms with Crippen LogP contribution < -0.4 is 15.4 Å². The first-order valence-electron chi connectivity index (χ1n) is 10.3. The molecule has 8 nitrogen and oxygen atoms in total. The van der Waals surface area contributed by atoms with Crippen LogP contribution in [-0.4, -0.2) is 39.5 Å². The molecular weight excluding hydrogens is 477 g/mol. The molecule has 3 aromatic rings. The SMILES string of the molecule is C[C@H]1C(=O)NC[C@@H]1CC(=O)Nc1cc(-c2cc(F)cc(OC(F)(F)F)c2)n(-c2cncc(F)c2)n1. The Morgan fingerprint density at radius 1 is 1.17 bits per heavy atom. The molecule has 0 radical (unpaired) electrons. The van der Waals surface area contributed by atoms with Crippen LogP contribution in [0.3, 0.4) is 0 Å². The Hall–Kier alpha value is -4.03. The number of ether oxygens (including phenoxy) is 1. The first-order valence-corrected chi connectivity index (χ1v) is 10.3. The number of carbonyl (C=O) groups excluding carboxylic acids is 2. The number of carbonyl (C=O) groups is 2. The van der Waals surface area contributed by atoms with Crippen molar-refractivity contribution in [3.05, 3.63) is 54.4 Å². The van der Waals surface area contributed by atoms with E-state index < -0.39 is 29.7 Å². The summed E-state index contributed by atoms with van der Waals surface area (Å²) in [5, 5.41) is 9.42. The molecule has 184 valence electrons. The van der Waals surface area contributed by atoms with Crippen LogP contribution in [0.25, 0.3) is 16.9 Å². The van der Waals surface area contributed by atoms with Crippen LogP contribution in [0.1, 0.15) is 13.3 Å². The largest absolute Gasteiger partial charge is 0.573 e. The van der Waals surface area contributed by atoms with Gasteiger partial charge in [-0.1, -0.05) is 6.92 Å². The summed E-state index contributed by atoms with van der Waals surface area (Å²) < 4.78 is 70.9.